The van der Waals surface area contributed by atoms with Crippen molar-refractivity contribution in [3.8, 4) is 6.07 Å². The first-order valence-electron chi connectivity index (χ1n) is 7.67. The first kappa shape index (κ1) is 17.6. The Bertz CT molecular complexity index is 837. The van der Waals surface area contributed by atoms with E-state index < -0.39 is 17.4 Å². The number of benzene rings is 1. The van der Waals surface area contributed by atoms with Crippen molar-refractivity contribution in [2.24, 2.45) is 0 Å². The number of halogens is 2. The molecule has 1 aromatic heterocycles. The summed E-state index contributed by atoms with van der Waals surface area (Å²) in [6, 6.07) is 6.86. The summed E-state index contributed by atoms with van der Waals surface area (Å²) in [5.41, 5.74) is 1.35. The Morgan fingerprint density at radius 2 is 1.92 bits per heavy atom. The fourth-order valence-corrected chi connectivity index (χ4v) is 2.69. The molecular formula is C19H18F2N2O. The average Bonchev–Trinajstić information content (AvgIpc) is 2.83. The van der Waals surface area contributed by atoms with Crippen LogP contribution in [-0.4, -0.2) is 10.4 Å². The number of nitrogens with zero attached hydrogens (tertiary/aromatic N) is 2. The average molecular weight is 328 g/mol. The zero-order valence-corrected chi connectivity index (χ0v) is 13.9. The molecule has 0 atom stereocenters. The van der Waals surface area contributed by atoms with Gasteiger partial charge in [0.25, 0.3) is 0 Å². The Hall–Kier alpha value is -2.74. The highest BCUT2D eigenvalue weighted by atomic mass is 19.1. The van der Waals surface area contributed by atoms with Gasteiger partial charge < -0.3 is 4.57 Å². The van der Waals surface area contributed by atoms with Crippen LogP contribution in [0.25, 0.3) is 6.08 Å². The number of aryl methyl sites for hydroxylation is 1. The van der Waals surface area contributed by atoms with Gasteiger partial charge in [-0.3, -0.25) is 4.79 Å². The zero-order valence-electron chi connectivity index (χ0n) is 13.9. The number of rotatable bonds is 5. The van der Waals surface area contributed by atoms with E-state index in [1.54, 1.807) is 19.1 Å². The molecule has 0 unspecified atom stereocenters. The summed E-state index contributed by atoms with van der Waals surface area (Å²) in [4.78, 5) is 12.6. The first-order valence-corrected chi connectivity index (χ1v) is 7.67. The van der Waals surface area contributed by atoms with Crippen LogP contribution in [0.4, 0.5) is 8.78 Å². The molecule has 0 aliphatic rings. The Labute approximate surface area is 139 Å². The summed E-state index contributed by atoms with van der Waals surface area (Å²) < 4.78 is 29.5. The number of carbonyl (C=O) groups excluding carboxylic acids is 1. The second kappa shape index (κ2) is 7.22. The lowest BCUT2D eigenvalue weighted by Crippen LogP contribution is -2.06. The second-order valence-electron chi connectivity index (χ2n) is 5.57. The van der Waals surface area contributed by atoms with E-state index >= 15 is 0 Å². The van der Waals surface area contributed by atoms with Crippen molar-refractivity contribution in [1.82, 2.24) is 4.57 Å². The molecular weight excluding hydrogens is 310 g/mol. The van der Waals surface area contributed by atoms with E-state index in [4.69, 9.17) is 0 Å². The molecule has 0 saturated heterocycles. The number of ketones is 1. The van der Waals surface area contributed by atoms with E-state index in [-0.39, 0.29) is 11.1 Å². The predicted molar refractivity (Wildman–Crippen MR) is 88.5 cm³/mol. The highest BCUT2D eigenvalue weighted by molar-refractivity contribution is 6.14. The number of Topliss-reactive ketones (excluding diaryl/α,β-unsaturated/α-hetero) is 1. The minimum absolute atomic E-state index is 0.296. The molecule has 0 N–H and O–H groups in total. The lowest BCUT2D eigenvalue weighted by molar-refractivity contribution is 0.103. The topological polar surface area (TPSA) is 45.8 Å². The standard InChI is InChI=1S/C19H18F2N2O/c1-4-8-23-12(2)9-15(13(23)3)19(24)14(11-22)10-16-17(20)6-5-7-18(16)21/h5-7,9-10H,4,8H2,1-3H3. The Kier molecular flexibility index (Phi) is 5.30. The molecule has 5 heteroatoms. The molecule has 1 heterocycles. The Balaban J connectivity index is 2.50. The molecule has 0 bridgehead atoms. The second-order valence-corrected chi connectivity index (χ2v) is 5.57. The number of nitriles is 1. The lowest BCUT2D eigenvalue weighted by Gasteiger charge is -2.07. The van der Waals surface area contributed by atoms with Gasteiger partial charge in [-0.05, 0) is 44.5 Å². The molecule has 0 aliphatic heterocycles. The van der Waals surface area contributed by atoms with Crippen molar-refractivity contribution in [3.05, 3.63) is 64.0 Å². The van der Waals surface area contributed by atoms with Gasteiger partial charge in [0.15, 0.2) is 0 Å². The zero-order chi connectivity index (χ0) is 17.9. The van der Waals surface area contributed by atoms with Crippen LogP contribution in [0.5, 0.6) is 0 Å². The fourth-order valence-electron chi connectivity index (χ4n) is 2.69. The minimum Gasteiger partial charge on any atom is -0.348 e. The van der Waals surface area contributed by atoms with Crippen molar-refractivity contribution in [3.63, 3.8) is 0 Å². The third-order valence-electron chi connectivity index (χ3n) is 3.92. The number of carbonyl (C=O) groups is 1. The SMILES string of the molecule is CCCn1c(C)cc(C(=O)C(C#N)=Cc2c(F)cccc2F)c1C. The highest BCUT2D eigenvalue weighted by Gasteiger charge is 2.20. The third kappa shape index (κ3) is 3.28. The largest absolute Gasteiger partial charge is 0.348 e. The monoisotopic (exact) mass is 328 g/mol. The van der Waals surface area contributed by atoms with Crippen LogP contribution in [0.3, 0.4) is 0 Å². The van der Waals surface area contributed by atoms with Crippen LogP contribution in [0.2, 0.25) is 0 Å². The molecule has 24 heavy (non-hydrogen) atoms. The molecule has 2 aromatic rings. The van der Waals surface area contributed by atoms with Crippen molar-refractivity contribution in [2.45, 2.75) is 33.7 Å². The molecule has 0 spiro atoms. The van der Waals surface area contributed by atoms with Gasteiger partial charge in [-0.1, -0.05) is 13.0 Å². The Morgan fingerprint density at radius 3 is 2.46 bits per heavy atom. The summed E-state index contributed by atoms with van der Waals surface area (Å²) in [6.07, 6.45) is 1.88. The molecule has 3 nitrogen and oxygen atoms in total. The maximum Gasteiger partial charge on any atom is 0.205 e. The van der Waals surface area contributed by atoms with Crippen LogP contribution >= 0.6 is 0 Å². The molecule has 0 aliphatic carbocycles. The van der Waals surface area contributed by atoms with Gasteiger partial charge in [-0.2, -0.15) is 5.26 Å². The number of hydrogen-bond donors (Lipinski definition) is 0. The van der Waals surface area contributed by atoms with Crippen molar-refractivity contribution < 1.29 is 13.6 Å². The van der Waals surface area contributed by atoms with Crippen molar-refractivity contribution >= 4 is 11.9 Å². The fraction of sp³-hybridized carbons (Fsp3) is 0.263. The summed E-state index contributed by atoms with van der Waals surface area (Å²) in [5, 5.41) is 9.28. The molecule has 0 saturated carbocycles. The number of hydrogen-bond acceptors (Lipinski definition) is 2. The predicted octanol–water partition coefficient (Wildman–Crippen LogP) is 4.58. The van der Waals surface area contributed by atoms with Gasteiger partial charge >= 0.3 is 0 Å². The third-order valence-corrected chi connectivity index (χ3v) is 3.92. The summed E-state index contributed by atoms with van der Waals surface area (Å²) in [6.45, 7) is 6.47. The van der Waals surface area contributed by atoms with Crippen molar-refractivity contribution in [1.29, 1.82) is 5.26 Å². The van der Waals surface area contributed by atoms with E-state index in [1.807, 2.05) is 18.4 Å². The summed E-state index contributed by atoms with van der Waals surface area (Å²) in [5.74, 6) is -2.16. The maximum atomic E-state index is 13.8. The van der Waals surface area contributed by atoms with Crippen LogP contribution < -0.4 is 0 Å². The van der Waals surface area contributed by atoms with Gasteiger partial charge in [-0.25, -0.2) is 8.78 Å². The van der Waals surface area contributed by atoms with E-state index in [2.05, 4.69) is 0 Å². The van der Waals surface area contributed by atoms with Gasteiger partial charge in [0.05, 0.1) is 0 Å². The van der Waals surface area contributed by atoms with Crippen molar-refractivity contribution in [2.75, 3.05) is 0 Å². The summed E-state index contributed by atoms with van der Waals surface area (Å²) >= 11 is 0. The van der Waals surface area contributed by atoms with Gasteiger partial charge in [0.1, 0.15) is 23.3 Å². The molecule has 124 valence electrons. The lowest BCUT2D eigenvalue weighted by atomic mass is 10.0. The van der Waals surface area contributed by atoms with E-state index in [0.717, 1.165) is 42.6 Å². The normalized spacial score (nSPS) is 11.4. The summed E-state index contributed by atoms with van der Waals surface area (Å²) in [7, 11) is 0. The maximum absolute atomic E-state index is 13.8. The molecule has 1 aromatic carbocycles. The number of aromatic nitrogens is 1. The molecule has 0 amide bonds. The van der Waals surface area contributed by atoms with Crippen LogP contribution in [0.15, 0.2) is 29.8 Å². The van der Waals surface area contributed by atoms with Crippen LogP contribution in [0, 0.1) is 36.8 Å². The van der Waals surface area contributed by atoms with E-state index in [9.17, 15) is 18.8 Å². The van der Waals surface area contributed by atoms with Crippen LogP contribution in [-0.2, 0) is 6.54 Å². The minimum atomic E-state index is -0.813. The van der Waals surface area contributed by atoms with Gasteiger partial charge in [0.2, 0.25) is 5.78 Å². The quantitative estimate of drug-likeness (QED) is 0.458. The molecule has 2 rings (SSSR count). The molecule has 0 fully saturated rings. The van der Waals surface area contributed by atoms with Gasteiger partial charge in [0, 0.05) is 29.1 Å². The van der Waals surface area contributed by atoms with Gasteiger partial charge in [-0.15, -0.1) is 0 Å². The van der Waals surface area contributed by atoms with E-state index in [0.29, 0.717) is 5.56 Å². The highest BCUT2D eigenvalue weighted by Crippen LogP contribution is 2.22. The smallest absolute Gasteiger partial charge is 0.205 e. The first-order chi connectivity index (χ1) is 11.4. The number of allylic oxidation sites excluding steroid dienone is 1. The molecule has 0 radical (unpaired) electrons. The Morgan fingerprint density at radius 1 is 1.29 bits per heavy atom. The van der Waals surface area contributed by atoms with Crippen LogP contribution in [0.1, 0.15) is 40.7 Å². The van der Waals surface area contributed by atoms with E-state index in [1.165, 1.54) is 6.07 Å².